The fraction of sp³-hybridized carbons (Fsp3) is 0.476. The number of carbonyl (C=O) groups excluding carboxylic acids is 3. The summed E-state index contributed by atoms with van der Waals surface area (Å²) in [4.78, 5) is 51.0. The first-order valence-corrected chi connectivity index (χ1v) is 10.1. The van der Waals surface area contributed by atoms with E-state index in [0.29, 0.717) is 0 Å². The van der Waals surface area contributed by atoms with E-state index in [2.05, 4.69) is 5.32 Å². The lowest BCUT2D eigenvalue weighted by Gasteiger charge is -2.38. The summed E-state index contributed by atoms with van der Waals surface area (Å²) in [6.45, 7) is 1.73. The maximum absolute atomic E-state index is 13.1. The standard InChI is InChI=1S/C21H23N3O6/c1-3-15(19(25)22-14-10-13(24(28)29)8-9-16(14)30-2)23-20(26)17-11-4-5-12(7-6-11)18(17)21(23)27/h4-5,8-12,15,17-18H,3,6-7H2,1-2H3,(H,22,25)/t11-,12-,15+,17+,18+/m0/s1. The predicted molar refractivity (Wildman–Crippen MR) is 107 cm³/mol. The highest BCUT2D eigenvalue weighted by Gasteiger charge is 2.58. The molecule has 9 heteroatoms. The van der Waals surface area contributed by atoms with Crippen LogP contribution >= 0.6 is 0 Å². The number of hydrogen-bond acceptors (Lipinski definition) is 6. The molecule has 1 aromatic carbocycles. The van der Waals surface area contributed by atoms with Crippen molar-refractivity contribution < 1.29 is 24.0 Å². The molecular weight excluding hydrogens is 390 g/mol. The third kappa shape index (κ3) is 3.05. The van der Waals surface area contributed by atoms with Gasteiger partial charge in [-0.2, -0.15) is 0 Å². The Balaban J connectivity index is 1.60. The minimum absolute atomic E-state index is 0.0406. The molecule has 1 N–H and O–H groups in total. The number of amides is 3. The second-order valence-corrected chi connectivity index (χ2v) is 7.94. The van der Waals surface area contributed by atoms with Crippen molar-refractivity contribution in [3.05, 3.63) is 40.5 Å². The van der Waals surface area contributed by atoms with Gasteiger partial charge < -0.3 is 10.1 Å². The van der Waals surface area contributed by atoms with E-state index < -0.39 is 28.7 Å². The van der Waals surface area contributed by atoms with E-state index >= 15 is 0 Å². The molecule has 2 fully saturated rings. The second kappa shape index (κ2) is 7.55. The van der Waals surface area contributed by atoms with E-state index in [0.717, 1.165) is 17.7 Å². The first-order chi connectivity index (χ1) is 14.4. The molecule has 3 aliphatic carbocycles. The van der Waals surface area contributed by atoms with Gasteiger partial charge in [0.1, 0.15) is 11.8 Å². The van der Waals surface area contributed by atoms with Gasteiger partial charge in [0, 0.05) is 12.1 Å². The molecule has 30 heavy (non-hydrogen) atoms. The molecule has 4 aliphatic rings. The molecule has 0 aromatic heterocycles. The lowest BCUT2D eigenvalue weighted by molar-refractivity contribution is -0.384. The molecule has 9 nitrogen and oxygen atoms in total. The Kier molecular flexibility index (Phi) is 5.05. The number of fused-ring (bicyclic) bond motifs is 1. The molecule has 1 heterocycles. The van der Waals surface area contributed by atoms with Crippen molar-refractivity contribution in [3.63, 3.8) is 0 Å². The number of carbonyl (C=O) groups is 3. The molecule has 1 aliphatic heterocycles. The fourth-order valence-corrected chi connectivity index (χ4v) is 5.01. The second-order valence-electron chi connectivity index (χ2n) is 7.94. The number of rotatable bonds is 6. The third-order valence-corrected chi connectivity index (χ3v) is 6.45. The van der Waals surface area contributed by atoms with Crippen molar-refractivity contribution in [2.75, 3.05) is 12.4 Å². The number of nitrogens with zero attached hydrogens (tertiary/aromatic N) is 2. The van der Waals surface area contributed by atoms with Gasteiger partial charge in [0.15, 0.2) is 0 Å². The van der Waals surface area contributed by atoms with E-state index in [9.17, 15) is 24.5 Å². The van der Waals surface area contributed by atoms with Gasteiger partial charge in [0.25, 0.3) is 5.69 Å². The summed E-state index contributed by atoms with van der Waals surface area (Å²) in [5, 5.41) is 13.7. The van der Waals surface area contributed by atoms with Crippen LogP contribution in [0, 0.1) is 33.8 Å². The Morgan fingerprint density at radius 3 is 2.30 bits per heavy atom. The summed E-state index contributed by atoms with van der Waals surface area (Å²) in [5.41, 5.74) is -0.0884. The summed E-state index contributed by atoms with van der Waals surface area (Å²) in [6, 6.07) is 2.87. The van der Waals surface area contributed by atoms with Crippen molar-refractivity contribution in [3.8, 4) is 5.75 Å². The molecule has 1 saturated carbocycles. The van der Waals surface area contributed by atoms with Gasteiger partial charge in [-0.3, -0.25) is 29.4 Å². The number of ether oxygens (including phenoxy) is 1. The van der Waals surface area contributed by atoms with E-state index in [4.69, 9.17) is 4.74 Å². The maximum atomic E-state index is 13.1. The summed E-state index contributed by atoms with van der Waals surface area (Å²) in [7, 11) is 1.38. The van der Waals surface area contributed by atoms with E-state index in [1.165, 1.54) is 25.3 Å². The molecule has 5 atom stereocenters. The Bertz CT molecular complexity index is 926. The number of likely N-dealkylation sites (tertiary alicyclic amines) is 1. The monoisotopic (exact) mass is 413 g/mol. The highest BCUT2D eigenvalue weighted by atomic mass is 16.6. The molecule has 1 aromatic rings. The smallest absolute Gasteiger partial charge is 0.271 e. The Labute approximate surface area is 173 Å². The molecule has 158 valence electrons. The number of anilines is 1. The number of imide groups is 1. The quantitative estimate of drug-likeness (QED) is 0.331. The topological polar surface area (TPSA) is 119 Å². The molecular formula is C21H23N3O6. The average Bonchev–Trinajstić information content (AvgIpc) is 3.02. The lowest BCUT2D eigenvalue weighted by atomic mass is 9.63. The average molecular weight is 413 g/mol. The molecule has 2 bridgehead atoms. The maximum Gasteiger partial charge on any atom is 0.271 e. The zero-order valence-corrected chi connectivity index (χ0v) is 16.7. The fourth-order valence-electron chi connectivity index (χ4n) is 5.01. The first-order valence-electron chi connectivity index (χ1n) is 10.1. The van der Waals surface area contributed by atoms with Crippen molar-refractivity contribution >= 4 is 29.1 Å². The molecule has 5 rings (SSSR count). The number of allylic oxidation sites excluding steroid dienone is 2. The van der Waals surface area contributed by atoms with Crippen LogP contribution in [0.25, 0.3) is 0 Å². The van der Waals surface area contributed by atoms with Crippen LogP contribution in [0.4, 0.5) is 11.4 Å². The first kappa shape index (κ1) is 20.1. The highest BCUT2D eigenvalue weighted by molar-refractivity contribution is 6.10. The largest absolute Gasteiger partial charge is 0.495 e. The minimum Gasteiger partial charge on any atom is -0.495 e. The number of non-ortho nitro benzene ring substituents is 1. The van der Waals surface area contributed by atoms with Crippen LogP contribution in [0.5, 0.6) is 5.75 Å². The summed E-state index contributed by atoms with van der Waals surface area (Å²) >= 11 is 0. The Morgan fingerprint density at radius 2 is 1.83 bits per heavy atom. The van der Waals surface area contributed by atoms with Crippen molar-refractivity contribution in [1.82, 2.24) is 4.90 Å². The van der Waals surface area contributed by atoms with Gasteiger partial charge in [0.2, 0.25) is 17.7 Å². The van der Waals surface area contributed by atoms with Gasteiger partial charge in [-0.25, -0.2) is 0 Å². The SMILES string of the molecule is CC[C@H](C(=O)Nc1cc([N+](=O)[O-])ccc1OC)N1C(=O)[C@H]2[C@H](C1=O)[C@H]1C=C[C@H]2CC1. The number of nitro benzene ring substituents is 1. The van der Waals surface area contributed by atoms with Gasteiger partial charge in [-0.1, -0.05) is 19.1 Å². The highest BCUT2D eigenvalue weighted by Crippen LogP contribution is 2.50. The minimum atomic E-state index is -0.987. The van der Waals surface area contributed by atoms with Crippen LogP contribution in [0.15, 0.2) is 30.4 Å². The van der Waals surface area contributed by atoms with E-state index in [1.807, 2.05) is 12.2 Å². The molecule has 0 unspecified atom stereocenters. The van der Waals surface area contributed by atoms with Crippen LogP contribution in [-0.2, 0) is 14.4 Å². The Hall–Kier alpha value is -3.23. The van der Waals surface area contributed by atoms with Gasteiger partial charge in [-0.15, -0.1) is 0 Å². The number of nitro groups is 1. The Morgan fingerprint density at radius 1 is 1.23 bits per heavy atom. The summed E-state index contributed by atoms with van der Waals surface area (Å²) in [5.74, 6) is -1.62. The predicted octanol–water partition coefficient (Wildman–Crippen LogP) is 2.52. The van der Waals surface area contributed by atoms with Crippen molar-refractivity contribution in [2.45, 2.75) is 32.2 Å². The number of benzene rings is 1. The van der Waals surface area contributed by atoms with Crippen LogP contribution in [0.2, 0.25) is 0 Å². The molecule has 0 radical (unpaired) electrons. The van der Waals surface area contributed by atoms with Gasteiger partial charge >= 0.3 is 0 Å². The van der Waals surface area contributed by atoms with Crippen molar-refractivity contribution in [1.29, 1.82) is 0 Å². The van der Waals surface area contributed by atoms with Crippen LogP contribution in [-0.4, -0.2) is 40.7 Å². The van der Waals surface area contributed by atoms with Crippen LogP contribution in [0.1, 0.15) is 26.2 Å². The van der Waals surface area contributed by atoms with E-state index in [1.54, 1.807) is 6.92 Å². The summed E-state index contributed by atoms with van der Waals surface area (Å²) < 4.78 is 5.18. The molecule has 0 spiro atoms. The molecule has 1 saturated heterocycles. The van der Waals surface area contributed by atoms with Crippen molar-refractivity contribution in [2.24, 2.45) is 23.7 Å². The zero-order valence-electron chi connectivity index (χ0n) is 16.7. The number of hydrogen-bond donors (Lipinski definition) is 1. The van der Waals surface area contributed by atoms with Crippen LogP contribution in [0.3, 0.4) is 0 Å². The number of nitrogens with one attached hydrogen (secondary N) is 1. The lowest BCUT2D eigenvalue weighted by Crippen LogP contribution is -2.47. The summed E-state index contributed by atoms with van der Waals surface area (Å²) in [6.07, 6.45) is 6.05. The number of methoxy groups -OCH3 is 1. The normalized spacial score (nSPS) is 27.7. The van der Waals surface area contributed by atoms with Gasteiger partial charge in [-0.05, 0) is 37.2 Å². The molecule has 3 amide bonds. The van der Waals surface area contributed by atoms with Crippen LogP contribution < -0.4 is 10.1 Å². The van der Waals surface area contributed by atoms with Gasteiger partial charge in [0.05, 0.1) is 29.6 Å². The third-order valence-electron chi connectivity index (χ3n) is 6.45. The zero-order chi connectivity index (χ0) is 21.6. The van der Waals surface area contributed by atoms with E-state index in [-0.39, 0.29) is 47.2 Å².